The zero-order chi connectivity index (χ0) is 19.4. The highest BCUT2D eigenvalue weighted by molar-refractivity contribution is 7.92. The smallest absolute Gasteiger partial charge is 0.337 e. The normalized spacial score (nSPS) is 14.9. The highest BCUT2D eigenvalue weighted by Gasteiger charge is 2.23. The van der Waals surface area contributed by atoms with Crippen LogP contribution in [0.3, 0.4) is 0 Å². The van der Waals surface area contributed by atoms with Gasteiger partial charge >= 0.3 is 5.97 Å². The fourth-order valence-corrected chi connectivity index (χ4v) is 4.28. The first-order valence-corrected chi connectivity index (χ1v) is 10.1. The van der Waals surface area contributed by atoms with Crippen molar-refractivity contribution in [3.8, 4) is 5.75 Å². The van der Waals surface area contributed by atoms with E-state index in [0.29, 0.717) is 17.9 Å². The number of benzene rings is 2. The Morgan fingerprint density at radius 1 is 1.15 bits per heavy atom. The van der Waals surface area contributed by atoms with Gasteiger partial charge in [0.05, 0.1) is 23.3 Å². The lowest BCUT2D eigenvalue weighted by atomic mass is 10.1. The zero-order valence-electron chi connectivity index (χ0n) is 15.0. The summed E-state index contributed by atoms with van der Waals surface area (Å²) in [5.74, 6) is -0.639. The number of nitrogens with one attached hydrogen (secondary N) is 1. The van der Waals surface area contributed by atoms with Crippen molar-refractivity contribution in [1.29, 1.82) is 0 Å². The van der Waals surface area contributed by atoms with Gasteiger partial charge in [-0.3, -0.25) is 9.62 Å². The number of rotatable bonds is 7. The Labute approximate surface area is 158 Å². The minimum absolute atomic E-state index is 0.0376. The second-order valence-corrected chi connectivity index (χ2v) is 8.09. The summed E-state index contributed by atoms with van der Waals surface area (Å²) in [6.07, 6.45) is 2.18. The molecule has 3 rings (SSSR count). The molecule has 1 aliphatic rings. The quantitative estimate of drug-likeness (QED) is 0.755. The van der Waals surface area contributed by atoms with Gasteiger partial charge in [-0.1, -0.05) is 12.1 Å². The Balaban J connectivity index is 1.96. The third-order valence-corrected chi connectivity index (χ3v) is 5.95. The van der Waals surface area contributed by atoms with Crippen LogP contribution in [-0.4, -0.2) is 44.6 Å². The fourth-order valence-electron chi connectivity index (χ4n) is 3.16. The highest BCUT2D eigenvalue weighted by atomic mass is 32.2. The number of ether oxygens (including phenoxy) is 1. The highest BCUT2D eigenvalue weighted by Crippen LogP contribution is 2.27. The van der Waals surface area contributed by atoms with Crippen LogP contribution < -0.4 is 9.46 Å². The predicted octanol–water partition coefficient (Wildman–Crippen LogP) is 2.79. The van der Waals surface area contributed by atoms with Gasteiger partial charge in [0.2, 0.25) is 0 Å². The number of sulfonamides is 1. The van der Waals surface area contributed by atoms with Gasteiger partial charge in [-0.05, 0) is 61.8 Å². The average Bonchev–Trinajstić information content (AvgIpc) is 3.16. The number of anilines is 1. The number of hydrogen-bond acceptors (Lipinski definition) is 5. The number of likely N-dealkylation sites (tertiary alicyclic amines) is 1. The lowest BCUT2D eigenvalue weighted by Gasteiger charge is -2.20. The molecule has 0 spiro atoms. The molecule has 0 bridgehead atoms. The average molecular weight is 390 g/mol. The Hall–Kier alpha value is -2.58. The zero-order valence-corrected chi connectivity index (χ0v) is 15.8. The van der Waals surface area contributed by atoms with E-state index in [4.69, 9.17) is 4.74 Å². The molecule has 1 saturated heterocycles. The van der Waals surface area contributed by atoms with E-state index in [0.717, 1.165) is 25.9 Å². The molecule has 0 radical (unpaired) electrons. The fraction of sp³-hybridized carbons (Fsp3) is 0.316. The van der Waals surface area contributed by atoms with E-state index in [1.807, 2.05) is 0 Å². The van der Waals surface area contributed by atoms with E-state index in [1.54, 1.807) is 24.3 Å². The standard InChI is InChI=1S/C19H22N2O5S/c1-26-15-7-9-16(10-8-15)27(24,25)20-18-14(13-21-11-2-3-12-21)5-4-6-17(18)19(22)23/h4-10,20H,2-3,11-13H2,1H3,(H,22,23). The topological polar surface area (TPSA) is 95.9 Å². The SMILES string of the molecule is COc1ccc(S(=O)(=O)Nc2c(CN3CCCC3)cccc2C(=O)O)cc1. The Kier molecular flexibility index (Phi) is 5.67. The van der Waals surface area contributed by atoms with Gasteiger partial charge in [-0.2, -0.15) is 0 Å². The van der Waals surface area contributed by atoms with Crippen LogP contribution in [0, 0.1) is 0 Å². The van der Waals surface area contributed by atoms with Crippen molar-refractivity contribution >= 4 is 21.7 Å². The van der Waals surface area contributed by atoms with E-state index in [1.165, 1.54) is 25.3 Å². The molecule has 8 heteroatoms. The van der Waals surface area contributed by atoms with Crippen molar-refractivity contribution in [2.75, 3.05) is 24.9 Å². The summed E-state index contributed by atoms with van der Waals surface area (Å²) in [4.78, 5) is 13.9. The monoisotopic (exact) mass is 390 g/mol. The van der Waals surface area contributed by atoms with Crippen molar-refractivity contribution in [2.24, 2.45) is 0 Å². The van der Waals surface area contributed by atoms with E-state index in [2.05, 4.69) is 9.62 Å². The molecular weight excluding hydrogens is 368 g/mol. The Morgan fingerprint density at radius 2 is 1.81 bits per heavy atom. The molecule has 0 saturated carbocycles. The molecule has 1 aliphatic heterocycles. The number of carbonyl (C=O) groups is 1. The molecule has 1 heterocycles. The molecule has 0 unspecified atom stereocenters. The van der Waals surface area contributed by atoms with E-state index >= 15 is 0 Å². The van der Waals surface area contributed by atoms with Crippen LogP contribution >= 0.6 is 0 Å². The molecule has 0 amide bonds. The molecule has 7 nitrogen and oxygen atoms in total. The molecule has 27 heavy (non-hydrogen) atoms. The third kappa shape index (κ3) is 4.40. The van der Waals surface area contributed by atoms with Gasteiger partial charge in [0.1, 0.15) is 5.75 Å². The van der Waals surface area contributed by atoms with Crippen LogP contribution in [0.5, 0.6) is 5.75 Å². The summed E-state index contributed by atoms with van der Waals surface area (Å²) in [6.45, 7) is 2.34. The maximum Gasteiger partial charge on any atom is 0.337 e. The molecule has 0 atom stereocenters. The largest absolute Gasteiger partial charge is 0.497 e. The van der Waals surface area contributed by atoms with Crippen molar-refractivity contribution in [3.05, 3.63) is 53.6 Å². The summed E-state index contributed by atoms with van der Waals surface area (Å²) in [6, 6.07) is 10.7. The number of methoxy groups -OCH3 is 1. The number of hydrogen-bond donors (Lipinski definition) is 2. The number of aromatic carboxylic acids is 1. The van der Waals surface area contributed by atoms with Gasteiger partial charge in [-0.25, -0.2) is 13.2 Å². The maximum atomic E-state index is 12.8. The molecule has 2 N–H and O–H groups in total. The lowest BCUT2D eigenvalue weighted by Crippen LogP contribution is -2.22. The Bertz CT molecular complexity index is 920. The second-order valence-electron chi connectivity index (χ2n) is 6.41. The molecule has 2 aromatic rings. The number of carboxylic acids is 1. The number of carboxylic acid groups (broad SMARTS) is 1. The molecule has 1 fully saturated rings. The Morgan fingerprint density at radius 3 is 2.41 bits per heavy atom. The van der Waals surface area contributed by atoms with Crippen LogP contribution in [0.2, 0.25) is 0 Å². The van der Waals surface area contributed by atoms with Gasteiger partial charge in [0.15, 0.2) is 0 Å². The first kappa shape index (κ1) is 19.2. The maximum absolute atomic E-state index is 12.8. The van der Waals surface area contributed by atoms with Crippen molar-refractivity contribution in [2.45, 2.75) is 24.3 Å². The van der Waals surface area contributed by atoms with Gasteiger partial charge < -0.3 is 9.84 Å². The van der Waals surface area contributed by atoms with Crippen LogP contribution in [0.25, 0.3) is 0 Å². The van der Waals surface area contributed by atoms with Crippen LogP contribution in [0.4, 0.5) is 5.69 Å². The summed E-state index contributed by atoms with van der Waals surface area (Å²) in [5, 5.41) is 9.52. The minimum Gasteiger partial charge on any atom is -0.497 e. The lowest BCUT2D eigenvalue weighted by molar-refractivity contribution is 0.0698. The van der Waals surface area contributed by atoms with Crippen LogP contribution in [-0.2, 0) is 16.6 Å². The van der Waals surface area contributed by atoms with Gasteiger partial charge in [-0.15, -0.1) is 0 Å². The first-order valence-electron chi connectivity index (χ1n) is 8.65. The predicted molar refractivity (Wildman–Crippen MR) is 102 cm³/mol. The van der Waals surface area contributed by atoms with Gasteiger partial charge in [0.25, 0.3) is 10.0 Å². The first-order chi connectivity index (χ1) is 12.9. The van der Waals surface area contributed by atoms with E-state index in [9.17, 15) is 18.3 Å². The van der Waals surface area contributed by atoms with Crippen LogP contribution in [0.1, 0.15) is 28.8 Å². The van der Waals surface area contributed by atoms with Crippen molar-refractivity contribution < 1.29 is 23.1 Å². The summed E-state index contributed by atoms with van der Waals surface area (Å²) >= 11 is 0. The van der Waals surface area contributed by atoms with E-state index in [-0.39, 0.29) is 16.1 Å². The summed E-state index contributed by atoms with van der Waals surface area (Å²) in [5.41, 5.74) is 0.699. The molecule has 144 valence electrons. The third-order valence-electron chi connectivity index (χ3n) is 4.58. The summed E-state index contributed by atoms with van der Waals surface area (Å²) < 4.78 is 33.1. The minimum atomic E-state index is -3.94. The van der Waals surface area contributed by atoms with E-state index < -0.39 is 16.0 Å². The summed E-state index contributed by atoms with van der Waals surface area (Å²) in [7, 11) is -2.44. The van der Waals surface area contributed by atoms with Crippen molar-refractivity contribution in [1.82, 2.24) is 4.90 Å². The molecular formula is C19H22N2O5S. The second kappa shape index (κ2) is 7.98. The number of para-hydroxylation sites is 1. The van der Waals surface area contributed by atoms with Gasteiger partial charge in [0, 0.05) is 6.54 Å². The molecule has 0 aliphatic carbocycles. The van der Waals surface area contributed by atoms with Crippen molar-refractivity contribution in [3.63, 3.8) is 0 Å². The number of nitrogens with zero attached hydrogens (tertiary/aromatic N) is 1. The molecule has 0 aromatic heterocycles. The molecule has 2 aromatic carbocycles. The van der Waals surface area contributed by atoms with Crippen LogP contribution in [0.15, 0.2) is 47.4 Å².